The van der Waals surface area contributed by atoms with E-state index in [1.54, 1.807) is 18.2 Å². The first-order valence-electron chi connectivity index (χ1n) is 8.96. The van der Waals surface area contributed by atoms with Gasteiger partial charge in [0.2, 0.25) is 17.6 Å². The maximum Gasteiger partial charge on any atom is 0.243 e. The molecule has 0 aromatic heterocycles. The maximum absolute atomic E-state index is 11.0. The third kappa shape index (κ3) is 9.34. The molecular formula is C20H28N2O5. The van der Waals surface area contributed by atoms with Gasteiger partial charge in [-0.3, -0.25) is 9.59 Å². The molecule has 0 aliphatic rings. The number of rotatable bonds is 14. The second kappa shape index (κ2) is 13.3. The zero-order chi connectivity index (χ0) is 19.9. The largest absolute Gasteiger partial charge is 0.502 e. The first kappa shape index (κ1) is 22.1. The molecule has 7 nitrogen and oxygen atoms in total. The number of amides is 2. The molecule has 0 saturated heterocycles. The van der Waals surface area contributed by atoms with Gasteiger partial charge in [-0.2, -0.15) is 0 Å². The number of para-hydroxylation sites is 1. The van der Waals surface area contributed by atoms with Crippen molar-refractivity contribution in [2.75, 3.05) is 26.3 Å². The van der Waals surface area contributed by atoms with Crippen LogP contribution < -0.4 is 20.1 Å². The third-order valence-corrected chi connectivity index (χ3v) is 3.59. The van der Waals surface area contributed by atoms with E-state index in [2.05, 4.69) is 23.8 Å². The lowest BCUT2D eigenvalue weighted by molar-refractivity contribution is -0.117. The molecule has 1 rings (SSSR count). The van der Waals surface area contributed by atoms with Crippen LogP contribution >= 0.6 is 0 Å². The van der Waals surface area contributed by atoms with E-state index in [1.807, 2.05) is 0 Å². The Balaban J connectivity index is 2.26. The standard InChI is InChI=1S/C20H28N2O5/c1-3-18(23)21-12-5-7-14-26-16-10-9-11-17(20(16)25)27-15-8-6-13-22-19(24)4-2/h3-4,9-11,25H,1-2,5-8,12-15H2,(H,21,23)(H,22,24). The van der Waals surface area contributed by atoms with Gasteiger partial charge in [0.05, 0.1) is 13.2 Å². The number of benzene rings is 1. The van der Waals surface area contributed by atoms with Gasteiger partial charge < -0.3 is 25.2 Å². The molecule has 0 unspecified atom stereocenters. The minimum absolute atomic E-state index is 0.0302. The Morgan fingerprint density at radius 2 is 1.33 bits per heavy atom. The smallest absolute Gasteiger partial charge is 0.243 e. The molecule has 1 aromatic rings. The van der Waals surface area contributed by atoms with Crippen molar-refractivity contribution in [2.45, 2.75) is 25.7 Å². The summed E-state index contributed by atoms with van der Waals surface area (Å²) in [6, 6.07) is 5.10. The fraction of sp³-hybridized carbons (Fsp3) is 0.400. The Morgan fingerprint density at radius 3 is 1.74 bits per heavy atom. The van der Waals surface area contributed by atoms with Gasteiger partial charge in [0.1, 0.15) is 0 Å². The highest BCUT2D eigenvalue weighted by molar-refractivity contribution is 5.87. The second-order valence-electron chi connectivity index (χ2n) is 5.70. The van der Waals surface area contributed by atoms with Crippen molar-refractivity contribution in [3.63, 3.8) is 0 Å². The van der Waals surface area contributed by atoms with Crippen molar-refractivity contribution in [3.05, 3.63) is 43.5 Å². The Hall–Kier alpha value is -2.96. The van der Waals surface area contributed by atoms with Gasteiger partial charge in [0, 0.05) is 13.1 Å². The van der Waals surface area contributed by atoms with Gasteiger partial charge in [-0.25, -0.2) is 0 Å². The van der Waals surface area contributed by atoms with Gasteiger partial charge in [0.25, 0.3) is 0 Å². The second-order valence-corrected chi connectivity index (χ2v) is 5.70. The van der Waals surface area contributed by atoms with Crippen molar-refractivity contribution in [1.29, 1.82) is 0 Å². The molecule has 0 radical (unpaired) electrons. The molecule has 0 heterocycles. The fourth-order valence-electron chi connectivity index (χ4n) is 2.12. The van der Waals surface area contributed by atoms with Crippen LogP contribution in [-0.4, -0.2) is 43.2 Å². The van der Waals surface area contributed by atoms with Crippen LogP contribution in [0, 0.1) is 0 Å². The molecule has 0 bridgehead atoms. The van der Waals surface area contributed by atoms with E-state index in [0.29, 0.717) is 37.8 Å². The predicted molar refractivity (Wildman–Crippen MR) is 104 cm³/mol. The van der Waals surface area contributed by atoms with E-state index < -0.39 is 0 Å². The number of ether oxygens (including phenoxy) is 2. The van der Waals surface area contributed by atoms with Gasteiger partial charge in [-0.05, 0) is 50.0 Å². The summed E-state index contributed by atoms with van der Waals surface area (Å²) in [5, 5.41) is 15.6. The van der Waals surface area contributed by atoms with Gasteiger partial charge in [-0.1, -0.05) is 19.2 Å². The summed E-state index contributed by atoms with van der Waals surface area (Å²) in [6.45, 7) is 8.71. The van der Waals surface area contributed by atoms with Crippen LogP contribution in [0.15, 0.2) is 43.5 Å². The summed E-state index contributed by atoms with van der Waals surface area (Å²) < 4.78 is 11.1. The summed E-state index contributed by atoms with van der Waals surface area (Å²) in [6.07, 6.45) is 5.46. The summed E-state index contributed by atoms with van der Waals surface area (Å²) in [5.74, 6) is 0.308. The van der Waals surface area contributed by atoms with Crippen molar-refractivity contribution < 1.29 is 24.2 Å². The molecule has 0 aliphatic heterocycles. The topological polar surface area (TPSA) is 96.9 Å². The van der Waals surface area contributed by atoms with E-state index in [1.165, 1.54) is 12.2 Å². The zero-order valence-corrected chi connectivity index (χ0v) is 15.5. The number of phenols is 1. The van der Waals surface area contributed by atoms with Crippen LogP contribution in [0.25, 0.3) is 0 Å². The normalized spacial score (nSPS) is 9.93. The average molecular weight is 376 g/mol. The predicted octanol–water partition coefficient (Wildman–Crippen LogP) is 2.31. The van der Waals surface area contributed by atoms with Gasteiger partial charge in [0.15, 0.2) is 11.5 Å². The Morgan fingerprint density at radius 1 is 0.889 bits per heavy atom. The molecular weight excluding hydrogens is 348 g/mol. The lowest BCUT2D eigenvalue weighted by atomic mass is 10.2. The van der Waals surface area contributed by atoms with Crippen LogP contribution in [0.2, 0.25) is 0 Å². The van der Waals surface area contributed by atoms with Crippen LogP contribution in [0.3, 0.4) is 0 Å². The number of nitrogens with one attached hydrogen (secondary N) is 2. The average Bonchev–Trinajstić information content (AvgIpc) is 2.68. The molecule has 7 heteroatoms. The summed E-state index contributed by atoms with van der Waals surface area (Å²) in [7, 11) is 0. The minimum Gasteiger partial charge on any atom is -0.502 e. The first-order chi connectivity index (χ1) is 13.1. The molecule has 2 amide bonds. The molecule has 148 valence electrons. The molecule has 27 heavy (non-hydrogen) atoms. The molecule has 0 spiro atoms. The number of carbonyl (C=O) groups excluding carboxylic acids is 2. The fourth-order valence-corrected chi connectivity index (χ4v) is 2.12. The Labute approximate surface area is 160 Å². The van der Waals surface area contributed by atoms with Crippen LogP contribution in [0.4, 0.5) is 0 Å². The molecule has 0 aliphatic carbocycles. The quantitative estimate of drug-likeness (QED) is 0.342. The minimum atomic E-state index is -0.193. The van der Waals surface area contributed by atoms with Crippen molar-refractivity contribution in [3.8, 4) is 17.2 Å². The van der Waals surface area contributed by atoms with Crippen molar-refractivity contribution in [2.24, 2.45) is 0 Å². The lowest BCUT2D eigenvalue weighted by Gasteiger charge is -2.12. The molecule has 3 N–H and O–H groups in total. The molecule has 0 atom stereocenters. The van der Waals surface area contributed by atoms with E-state index in [9.17, 15) is 14.7 Å². The highest BCUT2D eigenvalue weighted by Crippen LogP contribution is 2.35. The Bertz CT molecular complexity index is 581. The number of aromatic hydroxyl groups is 1. The highest BCUT2D eigenvalue weighted by Gasteiger charge is 2.09. The summed E-state index contributed by atoms with van der Waals surface area (Å²) in [4.78, 5) is 22.0. The van der Waals surface area contributed by atoms with Crippen molar-refractivity contribution >= 4 is 11.8 Å². The van der Waals surface area contributed by atoms with Crippen LogP contribution in [0.5, 0.6) is 17.2 Å². The number of hydrogen-bond acceptors (Lipinski definition) is 5. The van der Waals surface area contributed by atoms with Gasteiger partial charge >= 0.3 is 0 Å². The van der Waals surface area contributed by atoms with Crippen molar-refractivity contribution in [1.82, 2.24) is 10.6 Å². The molecule has 0 fully saturated rings. The SMILES string of the molecule is C=CC(=O)NCCCCOc1cccc(OCCCCNC(=O)C=C)c1O. The lowest BCUT2D eigenvalue weighted by Crippen LogP contribution is -2.22. The third-order valence-electron chi connectivity index (χ3n) is 3.59. The Kier molecular flexibility index (Phi) is 10.9. The zero-order valence-electron chi connectivity index (χ0n) is 15.5. The number of carbonyl (C=O) groups is 2. The number of hydrogen-bond donors (Lipinski definition) is 3. The molecule has 0 saturated carbocycles. The van der Waals surface area contributed by atoms with Crippen LogP contribution in [-0.2, 0) is 9.59 Å². The number of unbranched alkanes of at least 4 members (excludes halogenated alkanes) is 2. The summed E-state index contributed by atoms with van der Waals surface area (Å²) >= 11 is 0. The van der Waals surface area contributed by atoms with E-state index in [4.69, 9.17) is 9.47 Å². The monoisotopic (exact) mass is 376 g/mol. The molecule has 1 aromatic carbocycles. The van der Waals surface area contributed by atoms with E-state index in [0.717, 1.165) is 25.7 Å². The van der Waals surface area contributed by atoms with E-state index >= 15 is 0 Å². The van der Waals surface area contributed by atoms with E-state index in [-0.39, 0.29) is 17.6 Å². The summed E-state index contributed by atoms with van der Waals surface area (Å²) in [5.41, 5.74) is 0. The first-order valence-corrected chi connectivity index (χ1v) is 8.96. The maximum atomic E-state index is 11.0. The highest BCUT2D eigenvalue weighted by atomic mass is 16.5. The number of phenolic OH excluding ortho intramolecular Hbond substituents is 1. The van der Waals surface area contributed by atoms with Crippen LogP contribution in [0.1, 0.15) is 25.7 Å². The van der Waals surface area contributed by atoms with Gasteiger partial charge in [-0.15, -0.1) is 0 Å².